The molecule has 0 amide bonds. The summed E-state index contributed by atoms with van der Waals surface area (Å²) in [4.78, 5) is 0. The van der Waals surface area contributed by atoms with Crippen LogP contribution in [0.15, 0.2) is 6.20 Å². The zero-order valence-electron chi connectivity index (χ0n) is 11.7. The topological polar surface area (TPSA) is 29.9 Å². The molecule has 0 saturated heterocycles. The van der Waals surface area contributed by atoms with Crippen LogP contribution in [0.25, 0.3) is 0 Å². The van der Waals surface area contributed by atoms with E-state index in [1.54, 1.807) is 0 Å². The highest BCUT2D eigenvalue weighted by Gasteiger charge is 2.49. The van der Waals surface area contributed by atoms with Crippen LogP contribution in [0.1, 0.15) is 62.4 Å². The Morgan fingerprint density at radius 2 is 1.79 bits per heavy atom. The smallest absolute Gasteiger partial charge is 0.0810 e. The lowest BCUT2D eigenvalue weighted by Gasteiger charge is -2.54. The Kier molecular flexibility index (Phi) is 2.08. The first-order valence-electron chi connectivity index (χ1n) is 8.09. The lowest BCUT2D eigenvalue weighted by Crippen LogP contribution is -2.46. The molecule has 2 heterocycles. The van der Waals surface area contributed by atoms with Crippen molar-refractivity contribution in [1.82, 2.24) is 15.1 Å². The molecule has 3 nitrogen and oxygen atoms in total. The van der Waals surface area contributed by atoms with Gasteiger partial charge in [-0.1, -0.05) is 0 Å². The maximum absolute atomic E-state index is 4.94. The third kappa shape index (κ3) is 1.45. The summed E-state index contributed by atoms with van der Waals surface area (Å²) in [5.74, 6) is 3.97. The number of hydrogen-bond donors (Lipinski definition) is 1. The third-order valence-corrected chi connectivity index (χ3v) is 6.37. The molecule has 0 radical (unpaired) electrons. The van der Waals surface area contributed by atoms with Gasteiger partial charge in [0.05, 0.1) is 11.7 Å². The predicted octanol–water partition coefficient (Wildman–Crippen LogP) is 3.04. The average molecular weight is 257 g/mol. The molecule has 4 bridgehead atoms. The first-order chi connectivity index (χ1) is 9.28. The van der Waals surface area contributed by atoms with Gasteiger partial charge in [0, 0.05) is 24.3 Å². The number of rotatable bonds is 1. The van der Waals surface area contributed by atoms with Crippen LogP contribution in [0.4, 0.5) is 0 Å². The summed E-state index contributed by atoms with van der Waals surface area (Å²) < 4.78 is 2.38. The van der Waals surface area contributed by atoms with Gasteiger partial charge in [0.25, 0.3) is 0 Å². The summed E-state index contributed by atoms with van der Waals surface area (Å²) in [7, 11) is 0. The second kappa shape index (κ2) is 3.63. The maximum atomic E-state index is 4.94. The minimum atomic E-state index is 0.501. The van der Waals surface area contributed by atoms with Crippen LogP contribution in [-0.2, 0) is 6.54 Å². The van der Waals surface area contributed by atoms with Crippen LogP contribution in [0.3, 0.4) is 0 Å². The molecule has 3 heteroatoms. The molecule has 4 aliphatic carbocycles. The van der Waals surface area contributed by atoms with Gasteiger partial charge in [0.1, 0.15) is 0 Å². The molecule has 1 aromatic rings. The Labute approximate surface area is 114 Å². The normalized spacial score (nSPS) is 46.8. The minimum absolute atomic E-state index is 0.501. The van der Waals surface area contributed by atoms with E-state index in [1.165, 1.54) is 43.4 Å². The molecular weight excluding hydrogens is 234 g/mol. The summed E-state index contributed by atoms with van der Waals surface area (Å²) in [5, 5.41) is 8.43. The highest BCUT2D eigenvalue weighted by Crippen LogP contribution is 2.58. The van der Waals surface area contributed by atoms with E-state index in [1.807, 2.05) is 0 Å². The van der Waals surface area contributed by atoms with Crippen molar-refractivity contribution in [3.05, 3.63) is 17.5 Å². The SMILES string of the molecule is CC1NCc2nn(C3C4CC5CC(C4)CC3C5)cc21. The third-order valence-electron chi connectivity index (χ3n) is 6.37. The van der Waals surface area contributed by atoms with E-state index in [0.29, 0.717) is 6.04 Å². The van der Waals surface area contributed by atoms with Crippen LogP contribution in [0, 0.1) is 23.7 Å². The number of nitrogens with zero attached hydrogens (tertiary/aromatic N) is 2. The van der Waals surface area contributed by atoms with Crippen LogP contribution < -0.4 is 5.32 Å². The second-order valence-electron chi connectivity index (χ2n) is 7.54. The molecule has 1 aliphatic heterocycles. The maximum Gasteiger partial charge on any atom is 0.0810 e. The van der Waals surface area contributed by atoms with E-state index in [-0.39, 0.29) is 0 Å². The fourth-order valence-corrected chi connectivity index (χ4v) is 5.78. The van der Waals surface area contributed by atoms with E-state index < -0.39 is 0 Å². The molecule has 1 N–H and O–H groups in total. The Hall–Kier alpha value is -0.830. The molecule has 4 saturated carbocycles. The quantitative estimate of drug-likeness (QED) is 0.838. The molecule has 0 spiro atoms. The van der Waals surface area contributed by atoms with Crippen molar-refractivity contribution in [3.63, 3.8) is 0 Å². The van der Waals surface area contributed by atoms with Gasteiger partial charge in [0.2, 0.25) is 0 Å². The van der Waals surface area contributed by atoms with Gasteiger partial charge in [-0.15, -0.1) is 0 Å². The Morgan fingerprint density at radius 1 is 1.11 bits per heavy atom. The molecule has 1 unspecified atom stereocenters. The molecule has 4 fully saturated rings. The zero-order chi connectivity index (χ0) is 12.6. The van der Waals surface area contributed by atoms with Crippen LogP contribution >= 0.6 is 0 Å². The highest BCUT2D eigenvalue weighted by molar-refractivity contribution is 5.25. The lowest BCUT2D eigenvalue weighted by atomic mass is 9.54. The molecular formula is C16H23N3. The molecule has 6 rings (SSSR count). The zero-order valence-corrected chi connectivity index (χ0v) is 11.7. The van der Waals surface area contributed by atoms with Gasteiger partial charge >= 0.3 is 0 Å². The summed E-state index contributed by atoms with van der Waals surface area (Å²) in [5.41, 5.74) is 2.76. The van der Waals surface area contributed by atoms with Gasteiger partial charge in [-0.2, -0.15) is 5.10 Å². The molecule has 1 aromatic heterocycles. The second-order valence-corrected chi connectivity index (χ2v) is 7.54. The van der Waals surface area contributed by atoms with E-state index in [2.05, 4.69) is 23.1 Å². The predicted molar refractivity (Wildman–Crippen MR) is 73.6 cm³/mol. The largest absolute Gasteiger partial charge is 0.304 e. The van der Waals surface area contributed by atoms with E-state index >= 15 is 0 Å². The number of aromatic nitrogens is 2. The minimum Gasteiger partial charge on any atom is -0.304 e. The molecule has 5 aliphatic rings. The average Bonchev–Trinajstić information content (AvgIpc) is 2.91. The highest BCUT2D eigenvalue weighted by atomic mass is 15.3. The van der Waals surface area contributed by atoms with Gasteiger partial charge in [0.15, 0.2) is 0 Å². The molecule has 19 heavy (non-hydrogen) atoms. The monoisotopic (exact) mass is 257 g/mol. The van der Waals surface area contributed by atoms with Crippen molar-refractivity contribution in [3.8, 4) is 0 Å². The fraction of sp³-hybridized carbons (Fsp3) is 0.812. The summed E-state index contributed by atoms with van der Waals surface area (Å²) in [6.07, 6.45) is 9.83. The Morgan fingerprint density at radius 3 is 2.42 bits per heavy atom. The van der Waals surface area contributed by atoms with Crippen LogP contribution in [0.5, 0.6) is 0 Å². The Bertz CT molecular complexity index is 490. The van der Waals surface area contributed by atoms with Gasteiger partial charge < -0.3 is 5.32 Å². The lowest BCUT2D eigenvalue weighted by molar-refractivity contribution is -0.0338. The number of nitrogens with one attached hydrogen (secondary N) is 1. The van der Waals surface area contributed by atoms with Crippen LogP contribution in [-0.4, -0.2) is 9.78 Å². The summed E-state index contributed by atoms with van der Waals surface area (Å²) in [6, 6.07) is 1.23. The first kappa shape index (κ1) is 10.9. The fourth-order valence-electron chi connectivity index (χ4n) is 5.78. The Balaban J connectivity index is 1.51. The van der Waals surface area contributed by atoms with E-state index in [9.17, 15) is 0 Å². The van der Waals surface area contributed by atoms with E-state index in [4.69, 9.17) is 5.10 Å². The van der Waals surface area contributed by atoms with Crippen molar-refractivity contribution in [2.45, 2.75) is 57.7 Å². The van der Waals surface area contributed by atoms with E-state index in [0.717, 1.165) is 36.3 Å². The summed E-state index contributed by atoms with van der Waals surface area (Å²) in [6.45, 7) is 3.23. The molecule has 102 valence electrons. The van der Waals surface area contributed by atoms with Crippen molar-refractivity contribution >= 4 is 0 Å². The van der Waals surface area contributed by atoms with Crippen molar-refractivity contribution in [2.24, 2.45) is 23.7 Å². The van der Waals surface area contributed by atoms with Crippen molar-refractivity contribution in [2.75, 3.05) is 0 Å². The van der Waals surface area contributed by atoms with Crippen molar-refractivity contribution < 1.29 is 0 Å². The van der Waals surface area contributed by atoms with Crippen molar-refractivity contribution in [1.29, 1.82) is 0 Å². The van der Waals surface area contributed by atoms with Crippen LogP contribution in [0.2, 0.25) is 0 Å². The number of fused-ring (bicyclic) bond motifs is 1. The first-order valence-corrected chi connectivity index (χ1v) is 8.09. The number of hydrogen-bond acceptors (Lipinski definition) is 2. The summed E-state index contributed by atoms with van der Waals surface area (Å²) >= 11 is 0. The molecule has 0 aromatic carbocycles. The van der Waals surface area contributed by atoms with Gasteiger partial charge in [-0.05, 0) is 62.7 Å². The van der Waals surface area contributed by atoms with Gasteiger partial charge in [-0.25, -0.2) is 0 Å². The van der Waals surface area contributed by atoms with Gasteiger partial charge in [-0.3, -0.25) is 4.68 Å². The standard InChI is InChI=1S/C16H23N3/c1-9-14-8-19(18-15(14)7-17-9)16-12-3-10-2-11(5-12)6-13(16)4-10/h8-13,16-17H,2-7H2,1H3. The molecule has 1 atom stereocenters.